The van der Waals surface area contributed by atoms with E-state index in [0.717, 1.165) is 49.9 Å². The van der Waals surface area contributed by atoms with E-state index >= 15 is 0 Å². The molecule has 0 spiro atoms. The number of rotatable bonds is 2. The van der Waals surface area contributed by atoms with E-state index in [2.05, 4.69) is 46.3 Å². The molecule has 0 aromatic carbocycles. The minimum Gasteiger partial charge on any atom is -0.375 e. The summed E-state index contributed by atoms with van der Waals surface area (Å²) in [6.45, 7) is 4.57. The van der Waals surface area contributed by atoms with Crippen LogP contribution in [-0.4, -0.2) is 33.1 Å². The zero-order chi connectivity index (χ0) is 22.4. The fourth-order valence-electron chi connectivity index (χ4n) is 6.54. The summed E-state index contributed by atoms with van der Waals surface area (Å²) in [5.41, 5.74) is 19.6. The Kier molecular flexibility index (Phi) is 5.80. The van der Waals surface area contributed by atoms with Gasteiger partial charge in [0.1, 0.15) is 0 Å². The van der Waals surface area contributed by atoms with Gasteiger partial charge in [0.25, 0.3) is 0 Å². The molecule has 0 bridgehead atoms. The molecule has 1 amide bonds. The van der Waals surface area contributed by atoms with Gasteiger partial charge in [-0.1, -0.05) is 6.92 Å². The number of piperidine rings is 1. The predicted molar refractivity (Wildman–Crippen MR) is 130 cm³/mol. The summed E-state index contributed by atoms with van der Waals surface area (Å²) < 4.78 is 0. The first kappa shape index (κ1) is 22.1. The highest BCUT2D eigenvalue weighted by atomic mass is 32.1. The highest BCUT2D eigenvalue weighted by molar-refractivity contribution is 7.80. The smallest absolute Gasteiger partial charge is 0.220 e. The molecule has 4 aliphatic rings. The van der Waals surface area contributed by atoms with Crippen molar-refractivity contribution in [2.75, 3.05) is 0 Å². The quantitative estimate of drug-likeness (QED) is 0.313. The van der Waals surface area contributed by atoms with E-state index in [1.54, 1.807) is 0 Å². The van der Waals surface area contributed by atoms with Crippen LogP contribution in [-0.2, 0) is 4.79 Å². The number of thiocarbonyl (C=S) groups is 2. The van der Waals surface area contributed by atoms with Gasteiger partial charge >= 0.3 is 0 Å². The summed E-state index contributed by atoms with van der Waals surface area (Å²) in [6, 6.07) is 0. The first-order valence-corrected chi connectivity index (χ1v) is 11.7. The van der Waals surface area contributed by atoms with Gasteiger partial charge in [0.05, 0.1) is 11.4 Å². The van der Waals surface area contributed by atoms with E-state index in [1.165, 1.54) is 5.57 Å². The van der Waals surface area contributed by atoms with Gasteiger partial charge in [-0.3, -0.25) is 15.6 Å². The molecular formula is C21H31N7OS2. The van der Waals surface area contributed by atoms with Gasteiger partial charge < -0.3 is 16.8 Å². The first-order chi connectivity index (χ1) is 14.6. The van der Waals surface area contributed by atoms with E-state index in [4.69, 9.17) is 35.9 Å². The van der Waals surface area contributed by atoms with Crippen LogP contribution in [0.4, 0.5) is 0 Å². The number of nitrogens with two attached hydrogens (primary N) is 2. The average Bonchev–Trinajstić information content (AvgIpc) is 2.69. The average molecular weight is 462 g/mol. The number of fused-ring (bicyclic) bond motifs is 5. The Hall–Kier alpha value is -2.07. The molecule has 10 heteroatoms. The molecule has 0 aromatic heterocycles. The Bertz CT molecular complexity index is 913. The molecule has 7 N–H and O–H groups in total. The number of hydrazone groups is 2. The lowest BCUT2D eigenvalue weighted by Gasteiger charge is -2.60. The molecule has 2 saturated carbocycles. The Morgan fingerprint density at radius 3 is 2.52 bits per heavy atom. The van der Waals surface area contributed by atoms with Crippen LogP contribution in [0.15, 0.2) is 21.9 Å². The normalized spacial score (nSPS) is 39.5. The Morgan fingerprint density at radius 2 is 1.81 bits per heavy atom. The number of nitrogens with zero attached hydrogens (tertiary/aromatic N) is 2. The van der Waals surface area contributed by atoms with E-state index in [0.29, 0.717) is 24.2 Å². The van der Waals surface area contributed by atoms with Crippen molar-refractivity contribution in [3.63, 3.8) is 0 Å². The highest BCUT2D eigenvalue weighted by Crippen LogP contribution is 2.60. The zero-order valence-corrected chi connectivity index (χ0v) is 19.7. The summed E-state index contributed by atoms with van der Waals surface area (Å²) in [5, 5.41) is 12.6. The number of carbonyl (C=O) groups is 1. The van der Waals surface area contributed by atoms with Crippen LogP contribution in [0, 0.1) is 23.2 Å². The zero-order valence-electron chi connectivity index (χ0n) is 18.0. The van der Waals surface area contributed by atoms with E-state index in [9.17, 15) is 4.79 Å². The molecular weight excluding hydrogens is 430 g/mol. The van der Waals surface area contributed by atoms with Crippen LogP contribution < -0.4 is 27.6 Å². The third-order valence-electron chi connectivity index (χ3n) is 7.93. The molecule has 0 aromatic rings. The minimum atomic E-state index is -0.141. The molecule has 3 aliphatic carbocycles. The first-order valence-electron chi connectivity index (χ1n) is 10.9. The monoisotopic (exact) mass is 461 g/mol. The molecule has 5 atom stereocenters. The van der Waals surface area contributed by atoms with Crippen molar-refractivity contribution in [2.24, 2.45) is 44.8 Å². The van der Waals surface area contributed by atoms with Gasteiger partial charge in [-0.05, 0) is 105 Å². The lowest BCUT2D eigenvalue weighted by atomic mass is 9.47. The molecule has 31 heavy (non-hydrogen) atoms. The van der Waals surface area contributed by atoms with Gasteiger partial charge in [0.15, 0.2) is 10.2 Å². The summed E-state index contributed by atoms with van der Waals surface area (Å²) in [7, 11) is 0. The van der Waals surface area contributed by atoms with Gasteiger partial charge in [-0.25, -0.2) is 0 Å². The van der Waals surface area contributed by atoms with Gasteiger partial charge in [0, 0.05) is 12.0 Å². The van der Waals surface area contributed by atoms with Crippen LogP contribution in [0.1, 0.15) is 58.8 Å². The number of hydrogen-bond donors (Lipinski definition) is 5. The molecule has 1 saturated heterocycles. The standard InChI is InChI=1S/C21H31N7OS2/c1-20-7-5-11(25-27-18(22)30)9-15(20)16(26-28-19(23)31)10-12-13(20)6-8-21(2)14(12)3-4-17(29)24-21/h9,12-14H,3-8,10H2,1-2H3,(H,24,29)(H3,22,27,30)(H3,23,28,31)/b25-11+,26-16-/t12-,13+,14+,20-,21+/m1/s1. The van der Waals surface area contributed by atoms with Crippen LogP contribution in [0.2, 0.25) is 0 Å². The van der Waals surface area contributed by atoms with Crippen LogP contribution >= 0.6 is 24.4 Å². The maximum Gasteiger partial charge on any atom is 0.220 e. The van der Waals surface area contributed by atoms with Crippen molar-refractivity contribution in [1.29, 1.82) is 0 Å². The summed E-state index contributed by atoms with van der Waals surface area (Å²) in [4.78, 5) is 12.1. The maximum atomic E-state index is 12.1. The largest absolute Gasteiger partial charge is 0.375 e. The molecule has 168 valence electrons. The van der Waals surface area contributed by atoms with Gasteiger partial charge in [-0.15, -0.1) is 0 Å². The minimum absolute atomic E-state index is 0.0231. The highest BCUT2D eigenvalue weighted by Gasteiger charge is 2.57. The Balaban J connectivity index is 1.73. The molecule has 0 radical (unpaired) electrons. The molecule has 1 heterocycles. The number of nitrogens with one attached hydrogen (secondary N) is 3. The van der Waals surface area contributed by atoms with E-state index < -0.39 is 0 Å². The molecule has 8 nitrogen and oxygen atoms in total. The van der Waals surface area contributed by atoms with Crippen molar-refractivity contribution in [3.05, 3.63) is 11.6 Å². The molecule has 0 unspecified atom stereocenters. The van der Waals surface area contributed by atoms with Gasteiger partial charge in [0.2, 0.25) is 5.91 Å². The summed E-state index contributed by atoms with van der Waals surface area (Å²) in [6.07, 6.45) is 8.39. The van der Waals surface area contributed by atoms with Crippen molar-refractivity contribution >= 4 is 52.0 Å². The Morgan fingerprint density at radius 1 is 1.10 bits per heavy atom. The van der Waals surface area contributed by atoms with Crippen LogP contribution in [0.5, 0.6) is 0 Å². The third-order valence-corrected chi connectivity index (χ3v) is 8.11. The summed E-state index contributed by atoms with van der Waals surface area (Å²) >= 11 is 9.89. The number of hydrogen-bond acceptors (Lipinski definition) is 5. The van der Waals surface area contributed by atoms with Crippen molar-refractivity contribution in [2.45, 2.75) is 64.3 Å². The number of carbonyl (C=O) groups excluding carboxylic acids is 1. The van der Waals surface area contributed by atoms with Crippen molar-refractivity contribution in [1.82, 2.24) is 16.2 Å². The molecule has 3 fully saturated rings. The maximum absolute atomic E-state index is 12.1. The van der Waals surface area contributed by atoms with Gasteiger partial charge in [-0.2, -0.15) is 10.2 Å². The summed E-state index contributed by atoms with van der Waals surface area (Å²) in [5.74, 6) is 1.58. The number of allylic oxidation sites excluding steroid dienone is 2. The lowest BCUT2D eigenvalue weighted by molar-refractivity contribution is -0.131. The predicted octanol–water partition coefficient (Wildman–Crippen LogP) is 1.81. The van der Waals surface area contributed by atoms with Crippen LogP contribution in [0.25, 0.3) is 0 Å². The van der Waals surface area contributed by atoms with Crippen LogP contribution in [0.3, 0.4) is 0 Å². The van der Waals surface area contributed by atoms with Crippen molar-refractivity contribution in [3.8, 4) is 0 Å². The molecule has 1 aliphatic heterocycles. The Labute approximate surface area is 193 Å². The fourth-order valence-corrected chi connectivity index (χ4v) is 6.63. The van der Waals surface area contributed by atoms with Crippen molar-refractivity contribution < 1.29 is 4.79 Å². The fraction of sp³-hybridized carbons (Fsp3) is 0.667. The molecule has 4 rings (SSSR count). The SMILES string of the molecule is C[C@]12CC/C(=N\NC(N)=S)C=C1/C(=N\NC(N)=S)C[C@@H]1[C@@H]2CC[C@]2(C)NC(=O)CC[C@@H]12. The van der Waals surface area contributed by atoms with E-state index in [1.807, 2.05) is 0 Å². The second kappa shape index (κ2) is 8.12. The van der Waals surface area contributed by atoms with E-state index in [-0.39, 0.29) is 27.1 Å². The lowest BCUT2D eigenvalue weighted by Crippen LogP contribution is -2.63. The second-order valence-corrected chi connectivity index (χ2v) is 10.6. The second-order valence-electron chi connectivity index (χ2n) is 9.71. The topological polar surface area (TPSA) is 130 Å². The third kappa shape index (κ3) is 4.07. The number of amides is 1.